The Hall–Kier alpha value is -3.36. The van der Waals surface area contributed by atoms with Gasteiger partial charge in [-0.1, -0.05) is 6.07 Å². The number of carbonyl (C=O) groups is 3. The molecule has 1 N–H and O–H groups in total. The number of benzene rings is 1. The summed E-state index contributed by atoms with van der Waals surface area (Å²) in [6.07, 6.45) is 2.15. The molecule has 2 aromatic rings. The molecule has 0 saturated carbocycles. The molecule has 0 bridgehead atoms. The highest BCUT2D eigenvalue weighted by atomic mass is 19.1. The van der Waals surface area contributed by atoms with Crippen LogP contribution in [0, 0.1) is 12.7 Å². The summed E-state index contributed by atoms with van der Waals surface area (Å²) in [5, 5.41) is 8.81. The van der Waals surface area contributed by atoms with E-state index in [-0.39, 0.29) is 28.8 Å². The van der Waals surface area contributed by atoms with Crippen LogP contribution in [0.2, 0.25) is 0 Å². The van der Waals surface area contributed by atoms with Gasteiger partial charge in [0.15, 0.2) is 5.69 Å². The highest BCUT2D eigenvalue weighted by Crippen LogP contribution is 2.14. The number of hydrogen-bond donors (Lipinski definition) is 1. The quantitative estimate of drug-likeness (QED) is 0.869. The maximum absolute atomic E-state index is 13.7. The van der Waals surface area contributed by atoms with Gasteiger partial charge in [-0.15, -0.1) is 0 Å². The summed E-state index contributed by atoms with van der Waals surface area (Å²) in [5.41, 5.74) is 0.540. The van der Waals surface area contributed by atoms with Crippen molar-refractivity contribution in [3.63, 3.8) is 0 Å². The van der Waals surface area contributed by atoms with Crippen molar-refractivity contribution in [3.05, 3.63) is 58.9 Å². The van der Waals surface area contributed by atoms with E-state index >= 15 is 0 Å². The van der Waals surface area contributed by atoms with E-state index in [1.165, 1.54) is 11.0 Å². The van der Waals surface area contributed by atoms with E-state index in [1.54, 1.807) is 24.0 Å². The lowest BCUT2D eigenvalue weighted by atomic mass is 10.1. The summed E-state index contributed by atoms with van der Waals surface area (Å²) < 4.78 is 13.7. The fourth-order valence-electron chi connectivity index (χ4n) is 2.73. The Labute approximate surface area is 154 Å². The number of carboxylic acid groups (broad SMARTS) is 1. The molecule has 0 radical (unpaired) electrons. The summed E-state index contributed by atoms with van der Waals surface area (Å²) in [4.78, 5) is 46.3. The number of hydrogen-bond acceptors (Lipinski definition) is 5. The van der Waals surface area contributed by atoms with E-state index in [9.17, 15) is 18.8 Å². The molecule has 1 aromatic heterocycles. The Bertz CT molecular complexity index is 893. The van der Waals surface area contributed by atoms with Crippen molar-refractivity contribution < 1.29 is 23.9 Å². The topological polar surface area (TPSA) is 104 Å². The number of aryl methyl sites for hydroxylation is 1. The monoisotopic (exact) mass is 372 g/mol. The molecule has 3 rings (SSSR count). The molecule has 27 heavy (non-hydrogen) atoms. The van der Waals surface area contributed by atoms with Gasteiger partial charge in [0.05, 0.1) is 12.4 Å². The van der Waals surface area contributed by atoms with Crippen LogP contribution in [0.15, 0.2) is 30.6 Å². The van der Waals surface area contributed by atoms with Crippen molar-refractivity contribution in [1.82, 2.24) is 19.8 Å². The highest BCUT2D eigenvalue weighted by molar-refractivity contribution is 5.95. The maximum atomic E-state index is 13.7. The van der Waals surface area contributed by atoms with E-state index < -0.39 is 11.8 Å². The van der Waals surface area contributed by atoms with Crippen LogP contribution in [0.5, 0.6) is 0 Å². The SMILES string of the molecule is Cc1ccc(C(=O)N2CCN(C(=O)c3cnc(C(=O)O)cn3)CC2)cc1F. The van der Waals surface area contributed by atoms with Crippen LogP contribution < -0.4 is 0 Å². The minimum atomic E-state index is -1.22. The van der Waals surface area contributed by atoms with Gasteiger partial charge < -0.3 is 14.9 Å². The molecule has 1 saturated heterocycles. The molecule has 0 unspecified atom stereocenters. The number of piperazine rings is 1. The standard InChI is InChI=1S/C18H17FN4O4/c1-11-2-3-12(8-13(11)19)16(24)22-4-6-23(7-5-22)17(25)14-9-21-15(10-20-14)18(26)27/h2-3,8-10H,4-7H2,1H3,(H,26,27). The molecular weight excluding hydrogens is 355 g/mol. The molecule has 1 aliphatic heterocycles. The lowest BCUT2D eigenvalue weighted by Crippen LogP contribution is -2.50. The smallest absolute Gasteiger partial charge is 0.356 e. The van der Waals surface area contributed by atoms with Crippen molar-refractivity contribution >= 4 is 17.8 Å². The maximum Gasteiger partial charge on any atom is 0.356 e. The highest BCUT2D eigenvalue weighted by Gasteiger charge is 2.26. The summed E-state index contributed by atoms with van der Waals surface area (Å²) in [6.45, 7) is 2.82. The zero-order chi connectivity index (χ0) is 19.6. The molecule has 140 valence electrons. The summed E-state index contributed by atoms with van der Waals surface area (Å²) in [7, 11) is 0. The van der Waals surface area contributed by atoms with E-state index in [0.29, 0.717) is 31.7 Å². The van der Waals surface area contributed by atoms with Crippen LogP contribution in [-0.2, 0) is 0 Å². The molecule has 2 amide bonds. The molecule has 8 nitrogen and oxygen atoms in total. The number of halogens is 1. The third-order valence-electron chi connectivity index (χ3n) is 4.36. The van der Waals surface area contributed by atoms with Crippen LogP contribution in [0.4, 0.5) is 4.39 Å². The lowest BCUT2D eigenvalue weighted by Gasteiger charge is -2.34. The van der Waals surface area contributed by atoms with Gasteiger partial charge in [0.1, 0.15) is 11.5 Å². The van der Waals surface area contributed by atoms with Gasteiger partial charge in [-0.3, -0.25) is 9.59 Å². The Morgan fingerprint density at radius 3 is 2.04 bits per heavy atom. The number of rotatable bonds is 3. The first-order valence-corrected chi connectivity index (χ1v) is 8.27. The fraction of sp³-hybridized carbons (Fsp3) is 0.278. The average Bonchev–Trinajstić information content (AvgIpc) is 2.69. The Kier molecular flexibility index (Phi) is 5.11. The van der Waals surface area contributed by atoms with Crippen molar-refractivity contribution in [2.75, 3.05) is 26.2 Å². The first-order valence-electron chi connectivity index (χ1n) is 8.27. The third-order valence-corrected chi connectivity index (χ3v) is 4.36. The first kappa shape index (κ1) is 18.4. The van der Waals surface area contributed by atoms with Crippen LogP contribution in [0.25, 0.3) is 0 Å². The number of carbonyl (C=O) groups excluding carboxylic acids is 2. The Balaban J connectivity index is 1.62. The molecule has 0 aliphatic carbocycles. The zero-order valence-corrected chi connectivity index (χ0v) is 14.6. The summed E-state index contributed by atoms with van der Waals surface area (Å²) >= 11 is 0. The van der Waals surface area contributed by atoms with Crippen LogP contribution in [-0.4, -0.2) is 68.8 Å². The van der Waals surface area contributed by atoms with Gasteiger partial charge in [-0.05, 0) is 24.6 Å². The minimum Gasteiger partial charge on any atom is -0.476 e. The van der Waals surface area contributed by atoms with Gasteiger partial charge >= 0.3 is 5.97 Å². The zero-order valence-electron chi connectivity index (χ0n) is 14.6. The molecular formula is C18H17FN4O4. The molecule has 1 aromatic carbocycles. The van der Waals surface area contributed by atoms with Gasteiger partial charge in [0.25, 0.3) is 11.8 Å². The molecule has 1 aliphatic rings. The fourth-order valence-corrected chi connectivity index (χ4v) is 2.73. The van der Waals surface area contributed by atoms with Gasteiger partial charge in [-0.25, -0.2) is 19.2 Å². The predicted octanol–water partition coefficient (Wildman–Crippen LogP) is 1.22. The van der Waals surface area contributed by atoms with Crippen LogP contribution in [0.1, 0.15) is 36.9 Å². The molecule has 2 heterocycles. The Morgan fingerprint density at radius 1 is 0.963 bits per heavy atom. The molecule has 9 heteroatoms. The summed E-state index contributed by atoms with van der Waals surface area (Å²) in [5.74, 6) is -2.32. The number of aromatic nitrogens is 2. The number of nitrogens with zero attached hydrogens (tertiary/aromatic N) is 4. The van der Waals surface area contributed by atoms with Crippen molar-refractivity contribution in [2.24, 2.45) is 0 Å². The molecule has 0 spiro atoms. The number of carboxylic acids is 1. The van der Waals surface area contributed by atoms with E-state index in [1.807, 2.05) is 0 Å². The predicted molar refractivity (Wildman–Crippen MR) is 91.9 cm³/mol. The van der Waals surface area contributed by atoms with Gasteiger partial charge in [0.2, 0.25) is 0 Å². The molecule has 0 atom stereocenters. The Morgan fingerprint density at radius 2 is 1.52 bits per heavy atom. The largest absolute Gasteiger partial charge is 0.476 e. The second kappa shape index (κ2) is 7.48. The van der Waals surface area contributed by atoms with Crippen LogP contribution >= 0.6 is 0 Å². The van der Waals surface area contributed by atoms with Crippen LogP contribution in [0.3, 0.4) is 0 Å². The minimum absolute atomic E-state index is 0.0420. The van der Waals surface area contributed by atoms with Gasteiger partial charge in [-0.2, -0.15) is 0 Å². The first-order chi connectivity index (χ1) is 12.9. The van der Waals surface area contributed by atoms with Crippen molar-refractivity contribution in [3.8, 4) is 0 Å². The third kappa shape index (κ3) is 3.91. The van der Waals surface area contributed by atoms with Crippen molar-refractivity contribution in [1.29, 1.82) is 0 Å². The van der Waals surface area contributed by atoms with E-state index in [2.05, 4.69) is 9.97 Å². The van der Waals surface area contributed by atoms with E-state index in [4.69, 9.17) is 5.11 Å². The average molecular weight is 372 g/mol. The van der Waals surface area contributed by atoms with E-state index in [0.717, 1.165) is 12.4 Å². The number of aromatic carboxylic acids is 1. The lowest BCUT2D eigenvalue weighted by molar-refractivity contribution is 0.0531. The number of amides is 2. The van der Waals surface area contributed by atoms with Gasteiger partial charge in [0, 0.05) is 31.7 Å². The normalized spacial score (nSPS) is 14.1. The molecule has 1 fully saturated rings. The van der Waals surface area contributed by atoms with Crippen molar-refractivity contribution in [2.45, 2.75) is 6.92 Å². The summed E-state index contributed by atoms with van der Waals surface area (Å²) in [6, 6.07) is 4.36. The second-order valence-corrected chi connectivity index (χ2v) is 6.14. The second-order valence-electron chi connectivity index (χ2n) is 6.14.